The Labute approximate surface area is 180 Å². The first-order chi connectivity index (χ1) is 14.4. The van der Waals surface area contributed by atoms with Crippen molar-refractivity contribution in [3.05, 3.63) is 23.0 Å². The summed E-state index contributed by atoms with van der Waals surface area (Å²) in [5.74, 6) is -0.999. The zero-order chi connectivity index (χ0) is 23.3. The predicted octanol–water partition coefficient (Wildman–Crippen LogP) is 1.04. The number of nitrogens with one attached hydrogen (secondary N) is 3. The van der Waals surface area contributed by atoms with Crippen LogP contribution >= 0.6 is 0 Å². The largest absolute Gasteiger partial charge is 0.329 e. The molecule has 0 bridgehead atoms. The first-order valence-electron chi connectivity index (χ1n) is 9.94. The van der Waals surface area contributed by atoms with Crippen LogP contribution < -0.4 is 16.0 Å². The van der Waals surface area contributed by atoms with Crippen molar-refractivity contribution in [1.29, 1.82) is 0 Å². The average Bonchev–Trinajstić information content (AvgIpc) is 2.62. The minimum atomic E-state index is -0.515. The summed E-state index contributed by atoms with van der Waals surface area (Å²) in [7, 11) is 0. The third kappa shape index (κ3) is 6.27. The van der Waals surface area contributed by atoms with Crippen LogP contribution in [0.1, 0.15) is 60.3 Å². The Morgan fingerprint density at radius 1 is 1.13 bits per heavy atom. The predicted molar refractivity (Wildman–Crippen MR) is 114 cm³/mol. The summed E-state index contributed by atoms with van der Waals surface area (Å²) in [6.45, 7) is 8.56. The molecule has 0 aromatic heterocycles. The molecule has 3 aliphatic rings. The molecule has 5 amide bonds. The van der Waals surface area contributed by atoms with Gasteiger partial charge in [0.05, 0.1) is 0 Å². The van der Waals surface area contributed by atoms with Crippen molar-refractivity contribution in [2.45, 2.75) is 60.3 Å². The molecule has 0 saturated heterocycles. The van der Waals surface area contributed by atoms with Crippen molar-refractivity contribution in [2.24, 2.45) is 15.4 Å². The van der Waals surface area contributed by atoms with Crippen LogP contribution in [0, 0.1) is 5.41 Å². The van der Waals surface area contributed by atoms with E-state index < -0.39 is 5.41 Å². The summed E-state index contributed by atoms with van der Waals surface area (Å²) in [5.41, 5.74) is 1.65. The van der Waals surface area contributed by atoms with Gasteiger partial charge in [-0.05, 0) is 13.0 Å². The van der Waals surface area contributed by atoms with Crippen LogP contribution in [0.3, 0.4) is 0 Å². The van der Waals surface area contributed by atoms with Gasteiger partial charge in [0, 0.05) is 55.0 Å². The number of carbonyl (C=O) groups excluding carboxylic acids is 5. The SMILES string of the molecule is CC(=O)NC1=CCC(C)=NC1=O.CCC(=O)NC1=NC(=O)C2=C(C1)NC(=O)CC2(C)C. The molecule has 0 spiro atoms. The summed E-state index contributed by atoms with van der Waals surface area (Å²) in [4.78, 5) is 64.3. The summed E-state index contributed by atoms with van der Waals surface area (Å²) in [6.07, 6.45) is 3.16. The molecule has 0 aromatic carbocycles. The van der Waals surface area contributed by atoms with Crippen molar-refractivity contribution in [2.75, 3.05) is 0 Å². The third-order valence-electron chi connectivity index (χ3n) is 4.71. The van der Waals surface area contributed by atoms with E-state index in [1.165, 1.54) is 6.92 Å². The second-order valence-electron chi connectivity index (χ2n) is 8.06. The first kappa shape index (κ1) is 23.8. The lowest BCUT2D eigenvalue weighted by atomic mass is 9.76. The molecular weight excluding hydrogens is 402 g/mol. The molecule has 0 atom stereocenters. The average molecular weight is 429 g/mol. The number of aliphatic imine (C=N–C) groups is 2. The van der Waals surface area contributed by atoms with E-state index in [0.717, 1.165) is 5.71 Å². The molecule has 0 unspecified atom stereocenters. The lowest BCUT2D eigenvalue weighted by molar-refractivity contribution is -0.123. The Bertz CT molecular complexity index is 969. The van der Waals surface area contributed by atoms with E-state index >= 15 is 0 Å². The summed E-state index contributed by atoms with van der Waals surface area (Å²) in [6, 6.07) is 0. The van der Waals surface area contributed by atoms with Gasteiger partial charge in [0.1, 0.15) is 11.5 Å². The Kier molecular flexibility index (Phi) is 7.37. The quantitative estimate of drug-likeness (QED) is 0.600. The van der Waals surface area contributed by atoms with Gasteiger partial charge in [-0.3, -0.25) is 24.0 Å². The molecule has 166 valence electrons. The fraction of sp³-hybridized carbons (Fsp3) is 0.476. The number of hydrogen-bond donors (Lipinski definition) is 3. The van der Waals surface area contributed by atoms with Gasteiger partial charge in [-0.15, -0.1) is 0 Å². The van der Waals surface area contributed by atoms with Gasteiger partial charge >= 0.3 is 0 Å². The molecular formula is C21H27N5O5. The van der Waals surface area contributed by atoms with Crippen LogP contribution in [0.4, 0.5) is 0 Å². The number of amidine groups is 1. The highest BCUT2D eigenvalue weighted by Gasteiger charge is 2.40. The Balaban J connectivity index is 0.000000245. The minimum Gasteiger partial charge on any atom is -0.329 e. The monoisotopic (exact) mass is 429 g/mol. The molecule has 3 rings (SSSR count). The van der Waals surface area contributed by atoms with Gasteiger partial charge in [0.25, 0.3) is 11.8 Å². The molecule has 10 heteroatoms. The fourth-order valence-corrected chi connectivity index (χ4v) is 3.34. The molecule has 3 N–H and O–H groups in total. The maximum atomic E-state index is 12.1. The van der Waals surface area contributed by atoms with Gasteiger partial charge in [-0.25, -0.2) is 4.99 Å². The fourth-order valence-electron chi connectivity index (χ4n) is 3.34. The van der Waals surface area contributed by atoms with Crippen molar-refractivity contribution in [1.82, 2.24) is 16.0 Å². The lowest BCUT2D eigenvalue weighted by Crippen LogP contribution is -2.44. The molecule has 0 aromatic rings. The number of nitrogens with zero attached hydrogens (tertiary/aromatic N) is 2. The molecule has 10 nitrogen and oxygen atoms in total. The van der Waals surface area contributed by atoms with Crippen LogP contribution in [0.25, 0.3) is 0 Å². The van der Waals surface area contributed by atoms with Gasteiger partial charge in [-0.2, -0.15) is 4.99 Å². The standard InChI is InChI=1S/C13H17N3O3.C8H10N2O2/c1-4-9(17)15-8-5-7-11(12(19)16-8)13(2,3)6-10(18)14-7;1-5-3-4-7(8(12)9-5)10-6(2)11/h4-6H2,1-3H3,(H,14,18)(H,15,16,17,19);4H,3H2,1-2H3,(H,10,11). The second kappa shape index (κ2) is 9.59. The summed E-state index contributed by atoms with van der Waals surface area (Å²) < 4.78 is 0. The summed E-state index contributed by atoms with van der Waals surface area (Å²) in [5, 5.41) is 7.71. The molecule has 0 aliphatic carbocycles. The zero-order valence-corrected chi connectivity index (χ0v) is 18.3. The van der Waals surface area contributed by atoms with Crippen LogP contribution in [0.2, 0.25) is 0 Å². The highest BCUT2D eigenvalue weighted by molar-refractivity contribution is 6.12. The molecule has 0 radical (unpaired) electrons. The van der Waals surface area contributed by atoms with Crippen LogP contribution in [-0.2, 0) is 24.0 Å². The van der Waals surface area contributed by atoms with Crippen LogP contribution in [0.5, 0.6) is 0 Å². The number of rotatable bonds is 2. The van der Waals surface area contributed by atoms with E-state index in [9.17, 15) is 24.0 Å². The third-order valence-corrected chi connectivity index (χ3v) is 4.71. The van der Waals surface area contributed by atoms with Gasteiger partial charge < -0.3 is 16.0 Å². The highest BCUT2D eigenvalue weighted by Crippen LogP contribution is 2.38. The van der Waals surface area contributed by atoms with Crippen LogP contribution in [0.15, 0.2) is 33.0 Å². The van der Waals surface area contributed by atoms with Crippen molar-refractivity contribution in [3.8, 4) is 0 Å². The van der Waals surface area contributed by atoms with Crippen molar-refractivity contribution in [3.63, 3.8) is 0 Å². The number of dihydropyridines is 2. The molecule has 31 heavy (non-hydrogen) atoms. The summed E-state index contributed by atoms with van der Waals surface area (Å²) >= 11 is 0. The van der Waals surface area contributed by atoms with E-state index in [1.807, 2.05) is 13.8 Å². The maximum absolute atomic E-state index is 12.1. The van der Waals surface area contributed by atoms with E-state index in [1.54, 1.807) is 19.9 Å². The number of amides is 5. The minimum absolute atomic E-state index is 0.111. The normalized spacial score (nSPS) is 19.6. The van der Waals surface area contributed by atoms with E-state index in [-0.39, 0.29) is 48.1 Å². The van der Waals surface area contributed by atoms with Crippen LogP contribution in [-0.4, -0.2) is 41.1 Å². The molecule has 0 fully saturated rings. The van der Waals surface area contributed by atoms with Crippen molar-refractivity contribution >= 4 is 41.1 Å². The van der Waals surface area contributed by atoms with E-state index in [2.05, 4.69) is 25.9 Å². The molecule has 3 heterocycles. The lowest BCUT2D eigenvalue weighted by Gasteiger charge is -2.35. The van der Waals surface area contributed by atoms with E-state index in [0.29, 0.717) is 29.9 Å². The molecule has 0 saturated carbocycles. The Morgan fingerprint density at radius 2 is 1.81 bits per heavy atom. The number of allylic oxidation sites excluding steroid dienone is 1. The number of hydrogen-bond acceptors (Lipinski definition) is 5. The molecule has 3 aliphatic heterocycles. The maximum Gasteiger partial charge on any atom is 0.293 e. The smallest absolute Gasteiger partial charge is 0.293 e. The zero-order valence-electron chi connectivity index (χ0n) is 18.3. The highest BCUT2D eigenvalue weighted by atomic mass is 16.2. The Morgan fingerprint density at radius 3 is 2.39 bits per heavy atom. The second-order valence-corrected chi connectivity index (χ2v) is 8.06. The van der Waals surface area contributed by atoms with Gasteiger partial charge in [0.2, 0.25) is 17.7 Å². The van der Waals surface area contributed by atoms with E-state index in [4.69, 9.17) is 0 Å². The van der Waals surface area contributed by atoms with Crippen molar-refractivity contribution < 1.29 is 24.0 Å². The number of carbonyl (C=O) groups is 5. The Hall–Kier alpha value is -3.43. The topological polar surface area (TPSA) is 146 Å². The first-order valence-corrected chi connectivity index (χ1v) is 9.94. The van der Waals surface area contributed by atoms with Gasteiger partial charge in [0.15, 0.2) is 0 Å². The van der Waals surface area contributed by atoms with Gasteiger partial charge in [-0.1, -0.05) is 20.8 Å².